The number of thiazole rings is 2. The fraction of sp³-hybridized carbons (Fsp3) is 0.350. The molecule has 166 valence electrons. The van der Waals surface area contributed by atoms with Gasteiger partial charge in [-0.3, -0.25) is 14.1 Å². The lowest BCUT2D eigenvalue weighted by molar-refractivity contribution is -0.120. The molecule has 2 atom stereocenters. The Bertz CT molecular complexity index is 1140. The molecule has 31 heavy (non-hydrogen) atoms. The normalized spacial score (nSPS) is 13.6. The van der Waals surface area contributed by atoms with Gasteiger partial charge >= 0.3 is 10.3 Å². The number of benzene rings is 1. The van der Waals surface area contributed by atoms with E-state index in [1.54, 1.807) is 24.3 Å². The van der Waals surface area contributed by atoms with Crippen molar-refractivity contribution in [3.05, 3.63) is 62.0 Å². The molecule has 0 aliphatic carbocycles. The lowest BCUT2D eigenvalue weighted by Crippen LogP contribution is -2.28. The van der Waals surface area contributed by atoms with Crippen LogP contribution in [0, 0.1) is 0 Å². The van der Waals surface area contributed by atoms with E-state index < -0.39 is 22.1 Å². The molecule has 3 aromatic rings. The van der Waals surface area contributed by atoms with Crippen LogP contribution >= 0.6 is 22.7 Å². The van der Waals surface area contributed by atoms with Crippen molar-refractivity contribution in [2.45, 2.75) is 44.9 Å². The standard InChI is InChI=1S/C20H24N4O4S3/c1-3-13-10-29-19(22-13)16(17(18(21)25)20-23-14(4-2)11-30-20)9-12-5-7-15(8-6-12)24-31(26,27)28/h5-8,10-11,16-17,24H,3-4,9H2,1-2H3,(H2,21,25)(H,26,27,28)/t16-,17-/m0/s1. The molecule has 0 spiro atoms. The molecule has 8 nitrogen and oxygen atoms in total. The Morgan fingerprint density at radius 2 is 1.61 bits per heavy atom. The fourth-order valence-corrected chi connectivity index (χ4v) is 5.78. The van der Waals surface area contributed by atoms with Crippen LogP contribution in [0.2, 0.25) is 0 Å². The quantitative estimate of drug-likeness (QED) is 0.380. The zero-order valence-corrected chi connectivity index (χ0v) is 19.6. The third kappa shape index (κ3) is 6.10. The molecule has 0 saturated carbocycles. The fourth-order valence-electron chi connectivity index (χ4n) is 3.23. The first kappa shape index (κ1) is 23.3. The largest absolute Gasteiger partial charge is 0.369 e. The maximum Gasteiger partial charge on any atom is 0.357 e. The van der Waals surface area contributed by atoms with E-state index in [1.807, 2.05) is 29.3 Å². The van der Waals surface area contributed by atoms with E-state index in [0.717, 1.165) is 34.8 Å². The van der Waals surface area contributed by atoms with E-state index in [2.05, 4.69) is 4.98 Å². The van der Waals surface area contributed by atoms with Gasteiger partial charge < -0.3 is 5.73 Å². The van der Waals surface area contributed by atoms with Gasteiger partial charge in [0.15, 0.2) is 0 Å². The highest BCUT2D eigenvalue weighted by Gasteiger charge is 2.34. The number of anilines is 1. The SMILES string of the molecule is CCc1csc([C@@H](Cc2ccc(NS(=O)(=O)O)cc2)[C@@H](C(N)=O)c2nc(CC)cs2)n1. The summed E-state index contributed by atoms with van der Waals surface area (Å²) in [6.45, 7) is 4.03. The summed E-state index contributed by atoms with van der Waals surface area (Å²) in [5.41, 5.74) is 8.83. The zero-order valence-electron chi connectivity index (χ0n) is 17.1. The first-order valence-corrected chi connectivity index (χ1v) is 12.9. The molecule has 4 N–H and O–H groups in total. The second kappa shape index (κ2) is 9.86. The highest BCUT2D eigenvalue weighted by molar-refractivity contribution is 7.87. The molecule has 0 radical (unpaired) electrons. The number of primary amides is 1. The summed E-state index contributed by atoms with van der Waals surface area (Å²) >= 11 is 2.92. The van der Waals surface area contributed by atoms with Gasteiger partial charge in [-0.15, -0.1) is 22.7 Å². The average Bonchev–Trinajstić information content (AvgIpc) is 3.37. The molecule has 3 rings (SSSR count). The summed E-state index contributed by atoms with van der Waals surface area (Å²) in [4.78, 5) is 21.9. The number of carbonyl (C=O) groups is 1. The smallest absolute Gasteiger partial charge is 0.357 e. The molecule has 11 heteroatoms. The van der Waals surface area contributed by atoms with E-state index in [9.17, 15) is 13.2 Å². The Morgan fingerprint density at radius 1 is 1.06 bits per heavy atom. The highest BCUT2D eigenvalue weighted by Crippen LogP contribution is 2.38. The van der Waals surface area contributed by atoms with Crippen LogP contribution in [0.4, 0.5) is 5.69 Å². The van der Waals surface area contributed by atoms with Crippen molar-refractivity contribution in [2.24, 2.45) is 5.73 Å². The number of carbonyl (C=O) groups excluding carboxylic acids is 1. The molecular formula is C20H24N4O4S3. The van der Waals surface area contributed by atoms with Crippen LogP contribution in [0.1, 0.15) is 52.6 Å². The summed E-state index contributed by atoms with van der Waals surface area (Å²) in [5, 5.41) is 5.41. The number of nitrogens with two attached hydrogens (primary N) is 1. The van der Waals surface area contributed by atoms with Gasteiger partial charge in [-0.1, -0.05) is 26.0 Å². The number of aryl methyl sites for hydroxylation is 2. The molecule has 0 unspecified atom stereocenters. The summed E-state index contributed by atoms with van der Waals surface area (Å²) in [5.74, 6) is -1.39. The number of nitrogens with one attached hydrogen (secondary N) is 1. The van der Waals surface area contributed by atoms with Gasteiger partial charge in [-0.2, -0.15) is 8.42 Å². The summed E-state index contributed by atoms with van der Waals surface area (Å²) in [6, 6.07) is 6.59. The van der Waals surface area contributed by atoms with E-state index in [4.69, 9.17) is 15.3 Å². The van der Waals surface area contributed by atoms with Crippen LogP contribution in [0.5, 0.6) is 0 Å². The van der Waals surface area contributed by atoms with Crippen LogP contribution in [-0.4, -0.2) is 28.8 Å². The van der Waals surface area contributed by atoms with Crippen LogP contribution in [-0.2, 0) is 34.4 Å². The molecule has 2 aromatic heterocycles. The maximum absolute atomic E-state index is 12.6. The van der Waals surface area contributed by atoms with Gasteiger partial charge in [0.1, 0.15) is 5.01 Å². The van der Waals surface area contributed by atoms with Crippen molar-refractivity contribution in [1.29, 1.82) is 0 Å². The summed E-state index contributed by atoms with van der Waals surface area (Å²) < 4.78 is 33.0. The van der Waals surface area contributed by atoms with Gasteiger partial charge in [0.25, 0.3) is 0 Å². The Balaban J connectivity index is 1.96. The number of hydrogen-bond donors (Lipinski definition) is 3. The van der Waals surface area contributed by atoms with Crippen LogP contribution in [0.3, 0.4) is 0 Å². The molecule has 0 bridgehead atoms. The topological polar surface area (TPSA) is 135 Å². The Hall–Kier alpha value is -2.34. The average molecular weight is 481 g/mol. The molecule has 1 amide bonds. The third-order valence-electron chi connectivity index (χ3n) is 4.81. The lowest BCUT2D eigenvalue weighted by atomic mass is 9.86. The van der Waals surface area contributed by atoms with Gasteiger partial charge in [0.2, 0.25) is 5.91 Å². The number of nitrogens with zero attached hydrogens (tertiary/aromatic N) is 2. The molecule has 2 heterocycles. The monoisotopic (exact) mass is 480 g/mol. The van der Waals surface area contributed by atoms with E-state index >= 15 is 0 Å². The minimum absolute atomic E-state index is 0.240. The van der Waals surface area contributed by atoms with Gasteiger partial charge in [0, 0.05) is 16.7 Å². The Kier molecular flexibility index (Phi) is 7.42. The van der Waals surface area contributed by atoms with E-state index in [1.165, 1.54) is 22.7 Å². The third-order valence-corrected chi connectivity index (χ3v) is 7.31. The van der Waals surface area contributed by atoms with Crippen molar-refractivity contribution in [3.8, 4) is 0 Å². The minimum Gasteiger partial charge on any atom is -0.369 e. The molecule has 0 saturated heterocycles. The second-order valence-electron chi connectivity index (χ2n) is 7.03. The molecule has 0 fully saturated rings. The van der Waals surface area contributed by atoms with Crippen LogP contribution in [0.25, 0.3) is 0 Å². The van der Waals surface area contributed by atoms with Crippen LogP contribution < -0.4 is 10.5 Å². The van der Waals surface area contributed by atoms with E-state index in [0.29, 0.717) is 11.4 Å². The van der Waals surface area contributed by atoms with Gasteiger partial charge in [-0.05, 0) is 37.0 Å². The van der Waals surface area contributed by atoms with Crippen molar-refractivity contribution in [2.75, 3.05) is 4.72 Å². The maximum atomic E-state index is 12.6. The lowest BCUT2D eigenvalue weighted by Gasteiger charge is -2.22. The minimum atomic E-state index is -4.34. The summed E-state index contributed by atoms with van der Waals surface area (Å²) in [6.07, 6.45) is 2.03. The van der Waals surface area contributed by atoms with Crippen molar-refractivity contribution in [3.63, 3.8) is 0 Å². The number of hydrogen-bond acceptors (Lipinski definition) is 7. The van der Waals surface area contributed by atoms with Crippen LogP contribution in [0.15, 0.2) is 35.0 Å². The molecule has 1 aromatic carbocycles. The van der Waals surface area contributed by atoms with Gasteiger partial charge in [-0.25, -0.2) is 9.97 Å². The zero-order chi connectivity index (χ0) is 22.6. The Labute approximate surface area is 189 Å². The van der Waals surface area contributed by atoms with Gasteiger partial charge in [0.05, 0.1) is 28.0 Å². The summed E-state index contributed by atoms with van der Waals surface area (Å²) in [7, 11) is -4.34. The first-order valence-electron chi connectivity index (χ1n) is 9.72. The van der Waals surface area contributed by atoms with E-state index in [-0.39, 0.29) is 11.6 Å². The number of amides is 1. The van der Waals surface area contributed by atoms with Crippen molar-refractivity contribution in [1.82, 2.24) is 9.97 Å². The van der Waals surface area contributed by atoms with Crippen molar-refractivity contribution < 1.29 is 17.8 Å². The number of rotatable bonds is 10. The predicted molar refractivity (Wildman–Crippen MR) is 123 cm³/mol. The Morgan fingerprint density at radius 3 is 2.10 bits per heavy atom. The molecule has 0 aliphatic heterocycles. The first-order chi connectivity index (χ1) is 14.7. The highest BCUT2D eigenvalue weighted by atomic mass is 32.2. The predicted octanol–water partition coefficient (Wildman–Crippen LogP) is 3.53. The number of aromatic nitrogens is 2. The molecule has 0 aliphatic rings. The molecular weight excluding hydrogens is 456 g/mol. The van der Waals surface area contributed by atoms with Crippen molar-refractivity contribution >= 4 is 44.6 Å². The second-order valence-corrected chi connectivity index (χ2v) is 9.96.